The summed E-state index contributed by atoms with van der Waals surface area (Å²) in [4.78, 5) is 0. The van der Waals surface area contributed by atoms with Crippen LogP contribution < -0.4 is 28.4 Å². The van der Waals surface area contributed by atoms with Crippen molar-refractivity contribution in [3.63, 3.8) is 0 Å². The Morgan fingerprint density at radius 2 is 0.933 bits per heavy atom. The standard InChI is InChI=1S/C35H48O10/c1-26(2)17-27-18-32(44-25-28-20-30(41-14-10-37-4)22-31(21-28)42-15-11-38-5)23-33(19-27)45-34-8-7-29(40-13-9-36-3)24-35(34)43-16-12-39-6/h7-8,18-24,26H,9-17,25H2,1-6H3. The van der Waals surface area contributed by atoms with Crippen LogP contribution in [-0.2, 0) is 32.0 Å². The zero-order valence-corrected chi connectivity index (χ0v) is 27.4. The summed E-state index contributed by atoms with van der Waals surface area (Å²) < 4.78 is 56.7. The number of hydrogen-bond donors (Lipinski definition) is 0. The van der Waals surface area contributed by atoms with Gasteiger partial charge >= 0.3 is 0 Å². The second kappa shape index (κ2) is 20.4. The molecule has 0 atom stereocenters. The van der Waals surface area contributed by atoms with E-state index in [0.29, 0.717) is 106 Å². The molecule has 0 unspecified atom stereocenters. The molecule has 248 valence electrons. The van der Waals surface area contributed by atoms with Crippen molar-refractivity contribution in [1.82, 2.24) is 0 Å². The van der Waals surface area contributed by atoms with E-state index in [2.05, 4.69) is 13.8 Å². The van der Waals surface area contributed by atoms with E-state index >= 15 is 0 Å². The highest BCUT2D eigenvalue weighted by Gasteiger charge is 2.13. The molecule has 0 fully saturated rings. The maximum Gasteiger partial charge on any atom is 0.169 e. The molecule has 0 heterocycles. The number of rotatable bonds is 23. The predicted octanol–water partition coefficient (Wildman–Crippen LogP) is 6.36. The molecule has 0 saturated heterocycles. The van der Waals surface area contributed by atoms with Gasteiger partial charge in [0, 0.05) is 46.6 Å². The Morgan fingerprint density at radius 3 is 1.51 bits per heavy atom. The smallest absolute Gasteiger partial charge is 0.169 e. The zero-order valence-electron chi connectivity index (χ0n) is 27.4. The fourth-order valence-corrected chi connectivity index (χ4v) is 4.28. The van der Waals surface area contributed by atoms with Crippen LogP contribution in [-0.4, -0.2) is 81.3 Å². The molecule has 10 nitrogen and oxygen atoms in total. The Bertz CT molecular complexity index is 1230. The van der Waals surface area contributed by atoms with Gasteiger partial charge < -0.3 is 47.4 Å². The quantitative estimate of drug-likeness (QED) is 0.111. The third-order valence-electron chi connectivity index (χ3n) is 6.29. The van der Waals surface area contributed by atoms with Crippen LogP contribution in [0, 0.1) is 5.92 Å². The van der Waals surface area contributed by atoms with E-state index in [1.165, 1.54) is 0 Å². The van der Waals surface area contributed by atoms with Crippen molar-refractivity contribution in [2.45, 2.75) is 26.9 Å². The van der Waals surface area contributed by atoms with E-state index in [0.717, 1.165) is 17.5 Å². The molecule has 0 aliphatic rings. The van der Waals surface area contributed by atoms with E-state index in [1.54, 1.807) is 28.4 Å². The fraction of sp³-hybridized carbons (Fsp3) is 0.486. The van der Waals surface area contributed by atoms with Gasteiger partial charge in [-0.2, -0.15) is 0 Å². The van der Waals surface area contributed by atoms with Gasteiger partial charge in [0.25, 0.3) is 0 Å². The summed E-state index contributed by atoms with van der Waals surface area (Å²) in [5.74, 6) is 4.86. The van der Waals surface area contributed by atoms with Crippen molar-refractivity contribution in [2.24, 2.45) is 5.92 Å². The number of benzene rings is 3. The molecule has 45 heavy (non-hydrogen) atoms. The molecule has 3 aromatic rings. The molecule has 3 rings (SSSR count). The molecule has 0 saturated carbocycles. The van der Waals surface area contributed by atoms with Gasteiger partial charge in [0.2, 0.25) is 0 Å². The number of methoxy groups -OCH3 is 4. The second-order valence-corrected chi connectivity index (χ2v) is 10.6. The third-order valence-corrected chi connectivity index (χ3v) is 6.29. The van der Waals surface area contributed by atoms with Crippen molar-refractivity contribution in [3.05, 3.63) is 65.7 Å². The van der Waals surface area contributed by atoms with Crippen molar-refractivity contribution in [2.75, 3.05) is 81.3 Å². The molecule has 0 amide bonds. The lowest BCUT2D eigenvalue weighted by atomic mass is 10.0. The summed E-state index contributed by atoms with van der Waals surface area (Å²) >= 11 is 0. The normalized spacial score (nSPS) is 11.0. The Morgan fingerprint density at radius 1 is 0.444 bits per heavy atom. The third kappa shape index (κ3) is 13.4. The highest BCUT2D eigenvalue weighted by atomic mass is 16.5. The lowest BCUT2D eigenvalue weighted by Gasteiger charge is -2.17. The second-order valence-electron chi connectivity index (χ2n) is 10.6. The van der Waals surface area contributed by atoms with E-state index in [4.69, 9.17) is 47.4 Å². The SMILES string of the molecule is COCCOc1cc(COc2cc(CC(C)C)cc(Oc3ccc(OCCOC)cc3OCCOC)c2)cc(OCCOC)c1. The Kier molecular flexibility index (Phi) is 16.2. The van der Waals surface area contributed by atoms with Gasteiger partial charge in [0.1, 0.15) is 61.8 Å². The van der Waals surface area contributed by atoms with Gasteiger partial charge in [-0.15, -0.1) is 0 Å². The Hall–Kier alpha value is -3.70. The molecular weight excluding hydrogens is 580 g/mol. The zero-order chi connectivity index (χ0) is 32.3. The van der Waals surface area contributed by atoms with E-state index in [-0.39, 0.29) is 0 Å². The number of hydrogen-bond acceptors (Lipinski definition) is 10. The van der Waals surface area contributed by atoms with Crippen molar-refractivity contribution in [1.29, 1.82) is 0 Å². The first kappa shape index (κ1) is 35.8. The predicted molar refractivity (Wildman–Crippen MR) is 172 cm³/mol. The summed E-state index contributed by atoms with van der Waals surface area (Å²) in [7, 11) is 6.55. The minimum atomic E-state index is 0.297. The maximum absolute atomic E-state index is 6.39. The summed E-state index contributed by atoms with van der Waals surface area (Å²) in [5.41, 5.74) is 1.99. The summed E-state index contributed by atoms with van der Waals surface area (Å²) in [6, 6.07) is 17.2. The molecule has 0 spiro atoms. The monoisotopic (exact) mass is 628 g/mol. The molecule has 3 aromatic carbocycles. The van der Waals surface area contributed by atoms with Gasteiger partial charge in [-0.1, -0.05) is 13.8 Å². The molecule has 10 heteroatoms. The van der Waals surface area contributed by atoms with E-state index < -0.39 is 0 Å². The van der Waals surface area contributed by atoms with Crippen LogP contribution in [0.5, 0.6) is 40.2 Å². The van der Waals surface area contributed by atoms with E-state index in [9.17, 15) is 0 Å². The van der Waals surface area contributed by atoms with Crippen molar-refractivity contribution >= 4 is 0 Å². The van der Waals surface area contributed by atoms with Crippen molar-refractivity contribution in [3.8, 4) is 40.2 Å². The Balaban J connectivity index is 1.83. The minimum Gasteiger partial charge on any atom is -0.491 e. The number of ether oxygens (including phenoxy) is 10. The van der Waals surface area contributed by atoms with Crippen LogP contribution >= 0.6 is 0 Å². The highest BCUT2D eigenvalue weighted by Crippen LogP contribution is 2.37. The van der Waals surface area contributed by atoms with Crippen LogP contribution in [0.3, 0.4) is 0 Å². The summed E-state index contributed by atoms with van der Waals surface area (Å²) in [6.45, 7) is 8.17. The van der Waals surface area contributed by atoms with Crippen LogP contribution in [0.1, 0.15) is 25.0 Å². The van der Waals surface area contributed by atoms with E-state index in [1.807, 2.05) is 54.6 Å². The van der Waals surface area contributed by atoms with Crippen LogP contribution in [0.2, 0.25) is 0 Å². The largest absolute Gasteiger partial charge is 0.491 e. The van der Waals surface area contributed by atoms with Crippen LogP contribution in [0.15, 0.2) is 54.6 Å². The molecule has 0 N–H and O–H groups in total. The molecular formula is C35H48O10. The first-order chi connectivity index (χ1) is 21.9. The fourth-order valence-electron chi connectivity index (χ4n) is 4.28. The van der Waals surface area contributed by atoms with Gasteiger partial charge in [-0.25, -0.2) is 0 Å². The Labute approximate surface area is 267 Å². The van der Waals surface area contributed by atoms with Gasteiger partial charge in [0.05, 0.1) is 26.4 Å². The molecule has 0 aliphatic carbocycles. The topological polar surface area (TPSA) is 92.3 Å². The molecule has 0 aromatic heterocycles. The van der Waals surface area contributed by atoms with Gasteiger partial charge in [-0.3, -0.25) is 0 Å². The maximum atomic E-state index is 6.39. The minimum absolute atomic E-state index is 0.297. The van der Waals surface area contributed by atoms with Gasteiger partial charge in [0.15, 0.2) is 11.5 Å². The molecule has 0 aliphatic heterocycles. The lowest BCUT2D eigenvalue weighted by molar-refractivity contribution is 0.141. The highest BCUT2D eigenvalue weighted by molar-refractivity contribution is 5.49. The van der Waals surface area contributed by atoms with Gasteiger partial charge in [-0.05, 0) is 59.9 Å². The van der Waals surface area contributed by atoms with Crippen LogP contribution in [0.25, 0.3) is 0 Å². The molecule has 0 radical (unpaired) electrons. The first-order valence-electron chi connectivity index (χ1n) is 15.1. The first-order valence-corrected chi connectivity index (χ1v) is 15.1. The lowest BCUT2D eigenvalue weighted by Crippen LogP contribution is -2.07. The average molecular weight is 629 g/mol. The molecule has 0 bridgehead atoms. The summed E-state index contributed by atoms with van der Waals surface area (Å²) in [6.07, 6.45) is 0.858. The average Bonchev–Trinajstić information content (AvgIpc) is 3.01. The van der Waals surface area contributed by atoms with Crippen LogP contribution in [0.4, 0.5) is 0 Å². The van der Waals surface area contributed by atoms with Crippen molar-refractivity contribution < 1.29 is 47.4 Å². The summed E-state index contributed by atoms with van der Waals surface area (Å²) in [5, 5.41) is 0.